The number of amides is 1. The Morgan fingerprint density at radius 1 is 1.06 bits per heavy atom. The Balaban J connectivity index is 1.57. The third kappa shape index (κ3) is 6.44. The minimum Gasteiger partial charge on any atom is -0.492 e. The summed E-state index contributed by atoms with van der Waals surface area (Å²) in [5, 5.41) is 4.85. The zero-order valence-corrected chi connectivity index (χ0v) is 19.2. The Kier molecular flexibility index (Phi) is 8.49. The molecule has 170 valence electrons. The van der Waals surface area contributed by atoms with Crippen LogP contribution in [-0.2, 0) is 14.8 Å². The second-order valence-electron chi connectivity index (χ2n) is 7.03. The molecule has 0 spiro atoms. The summed E-state index contributed by atoms with van der Waals surface area (Å²) in [6.07, 6.45) is 2.13. The Morgan fingerprint density at radius 3 is 2.53 bits per heavy atom. The molecule has 0 saturated heterocycles. The van der Waals surface area contributed by atoms with Crippen LogP contribution < -0.4 is 14.8 Å². The highest BCUT2D eigenvalue weighted by Gasteiger charge is 2.27. The smallest absolute Gasteiger partial charge is 0.244 e. The minimum absolute atomic E-state index is 0.197. The van der Waals surface area contributed by atoms with Gasteiger partial charge in [-0.2, -0.15) is 16.5 Å². The van der Waals surface area contributed by atoms with Crippen molar-refractivity contribution in [2.24, 2.45) is 0 Å². The van der Waals surface area contributed by atoms with Gasteiger partial charge in [0.1, 0.15) is 29.1 Å². The molecule has 1 amide bonds. The highest BCUT2D eigenvalue weighted by molar-refractivity contribution is 7.98. The SMILES string of the molecule is CSCC[C@@H](NS(=O)(=O)c1ccccc1F)C(=O)NCCOc1ccc2ccccc2c1. The maximum atomic E-state index is 14.0. The van der Waals surface area contributed by atoms with E-state index in [9.17, 15) is 17.6 Å². The molecule has 0 unspecified atom stereocenters. The van der Waals surface area contributed by atoms with Gasteiger partial charge >= 0.3 is 0 Å². The number of benzene rings is 3. The average molecular weight is 477 g/mol. The maximum absolute atomic E-state index is 14.0. The lowest BCUT2D eigenvalue weighted by atomic mass is 10.1. The third-order valence-electron chi connectivity index (χ3n) is 4.74. The number of hydrogen-bond acceptors (Lipinski definition) is 5. The molecule has 0 heterocycles. The predicted molar refractivity (Wildman–Crippen MR) is 126 cm³/mol. The largest absolute Gasteiger partial charge is 0.492 e. The van der Waals surface area contributed by atoms with E-state index in [1.807, 2.05) is 48.7 Å². The van der Waals surface area contributed by atoms with Crippen LogP contribution in [-0.4, -0.2) is 45.5 Å². The molecule has 0 bridgehead atoms. The quantitative estimate of drug-likeness (QED) is 0.414. The van der Waals surface area contributed by atoms with Crippen LogP contribution in [0.15, 0.2) is 71.6 Å². The summed E-state index contributed by atoms with van der Waals surface area (Å²) in [5.74, 6) is -0.114. The summed E-state index contributed by atoms with van der Waals surface area (Å²) in [6, 6.07) is 17.7. The molecule has 0 aliphatic carbocycles. The summed E-state index contributed by atoms with van der Waals surface area (Å²) in [5.41, 5.74) is 0. The van der Waals surface area contributed by atoms with E-state index in [1.165, 1.54) is 30.0 Å². The van der Waals surface area contributed by atoms with E-state index in [0.29, 0.717) is 11.5 Å². The van der Waals surface area contributed by atoms with Gasteiger partial charge in [0.05, 0.1) is 6.54 Å². The number of sulfonamides is 1. The molecule has 3 aromatic carbocycles. The first-order valence-electron chi connectivity index (χ1n) is 10.1. The first-order chi connectivity index (χ1) is 15.4. The Hall–Kier alpha value is -2.62. The lowest BCUT2D eigenvalue weighted by Gasteiger charge is -2.18. The van der Waals surface area contributed by atoms with Crippen LogP contribution in [0.1, 0.15) is 6.42 Å². The fourth-order valence-electron chi connectivity index (χ4n) is 3.12. The van der Waals surface area contributed by atoms with Gasteiger partial charge in [-0.25, -0.2) is 12.8 Å². The molecule has 3 aromatic rings. The summed E-state index contributed by atoms with van der Waals surface area (Å²) < 4.78 is 47.2. The van der Waals surface area contributed by atoms with E-state index in [4.69, 9.17) is 4.74 Å². The first-order valence-corrected chi connectivity index (χ1v) is 12.9. The summed E-state index contributed by atoms with van der Waals surface area (Å²) >= 11 is 1.49. The van der Waals surface area contributed by atoms with Crippen LogP contribution in [0.25, 0.3) is 10.8 Å². The molecular formula is C23H25FN2O4S2. The van der Waals surface area contributed by atoms with Gasteiger partial charge in [0.15, 0.2) is 0 Å². The van der Waals surface area contributed by atoms with Crippen LogP contribution in [0.5, 0.6) is 5.75 Å². The molecule has 0 fully saturated rings. The third-order valence-corrected chi connectivity index (χ3v) is 6.89. The zero-order valence-electron chi connectivity index (χ0n) is 17.6. The highest BCUT2D eigenvalue weighted by atomic mass is 32.2. The van der Waals surface area contributed by atoms with Crippen LogP contribution in [0.3, 0.4) is 0 Å². The molecule has 1 atom stereocenters. The summed E-state index contributed by atoms with van der Waals surface area (Å²) in [6.45, 7) is 0.419. The van der Waals surface area contributed by atoms with E-state index in [0.717, 1.165) is 16.8 Å². The van der Waals surface area contributed by atoms with Crippen molar-refractivity contribution in [3.05, 3.63) is 72.5 Å². The van der Waals surface area contributed by atoms with Crippen molar-refractivity contribution in [3.8, 4) is 5.75 Å². The van der Waals surface area contributed by atoms with E-state index in [2.05, 4.69) is 10.0 Å². The van der Waals surface area contributed by atoms with Gasteiger partial charge in [0, 0.05) is 0 Å². The Morgan fingerprint density at radius 2 is 1.78 bits per heavy atom. The molecule has 0 aromatic heterocycles. The van der Waals surface area contributed by atoms with Crippen molar-refractivity contribution in [1.29, 1.82) is 0 Å². The lowest BCUT2D eigenvalue weighted by molar-refractivity contribution is -0.122. The molecule has 32 heavy (non-hydrogen) atoms. The van der Waals surface area contributed by atoms with E-state index in [-0.39, 0.29) is 19.6 Å². The van der Waals surface area contributed by atoms with Crippen LogP contribution in [0.2, 0.25) is 0 Å². The number of fused-ring (bicyclic) bond motifs is 1. The maximum Gasteiger partial charge on any atom is 0.244 e. The normalized spacial score (nSPS) is 12.4. The van der Waals surface area contributed by atoms with Crippen molar-refractivity contribution in [3.63, 3.8) is 0 Å². The number of nitrogens with one attached hydrogen (secondary N) is 2. The fourth-order valence-corrected chi connectivity index (χ4v) is 4.90. The van der Waals surface area contributed by atoms with Crippen LogP contribution in [0.4, 0.5) is 4.39 Å². The summed E-state index contributed by atoms with van der Waals surface area (Å²) in [4.78, 5) is 12.1. The van der Waals surface area contributed by atoms with E-state index >= 15 is 0 Å². The first kappa shape index (κ1) is 24.0. The van der Waals surface area contributed by atoms with Gasteiger partial charge in [0.2, 0.25) is 15.9 Å². The standard InChI is InChI=1S/C23H25FN2O4S2/c1-31-15-12-21(26-32(28,29)22-9-5-4-8-20(22)24)23(27)25-13-14-30-19-11-10-17-6-2-3-7-18(17)16-19/h2-11,16,21,26H,12-15H2,1H3,(H,25,27)/t21-/m1/s1. The van der Waals surface area contributed by atoms with Crippen molar-refractivity contribution < 1.29 is 22.3 Å². The van der Waals surface area contributed by atoms with Gasteiger partial charge in [-0.15, -0.1) is 0 Å². The molecule has 0 aliphatic rings. The van der Waals surface area contributed by atoms with E-state index in [1.54, 1.807) is 0 Å². The molecular weight excluding hydrogens is 451 g/mol. The lowest BCUT2D eigenvalue weighted by Crippen LogP contribution is -2.47. The molecule has 0 radical (unpaired) electrons. The number of halogens is 1. The zero-order chi connectivity index (χ0) is 23.0. The van der Waals surface area contributed by atoms with Gasteiger partial charge in [-0.3, -0.25) is 4.79 Å². The number of ether oxygens (including phenoxy) is 1. The van der Waals surface area contributed by atoms with Crippen molar-refractivity contribution in [2.75, 3.05) is 25.2 Å². The molecule has 0 saturated carbocycles. The number of rotatable bonds is 11. The molecule has 0 aliphatic heterocycles. The minimum atomic E-state index is -4.19. The van der Waals surface area contributed by atoms with Gasteiger partial charge in [-0.05, 0) is 53.5 Å². The van der Waals surface area contributed by atoms with Crippen molar-refractivity contribution >= 4 is 38.5 Å². The number of carbonyl (C=O) groups is 1. The average Bonchev–Trinajstić information content (AvgIpc) is 2.79. The van der Waals surface area contributed by atoms with Crippen LogP contribution >= 0.6 is 11.8 Å². The van der Waals surface area contributed by atoms with Crippen molar-refractivity contribution in [1.82, 2.24) is 10.0 Å². The predicted octanol–water partition coefficient (Wildman–Crippen LogP) is 3.57. The van der Waals surface area contributed by atoms with Crippen molar-refractivity contribution in [2.45, 2.75) is 17.4 Å². The van der Waals surface area contributed by atoms with Gasteiger partial charge in [0.25, 0.3) is 0 Å². The monoisotopic (exact) mass is 476 g/mol. The Labute approximate surface area is 191 Å². The molecule has 3 rings (SSSR count). The number of thioether (sulfide) groups is 1. The fraction of sp³-hybridized carbons (Fsp3) is 0.261. The molecule has 2 N–H and O–H groups in total. The number of hydrogen-bond donors (Lipinski definition) is 2. The van der Waals surface area contributed by atoms with Gasteiger partial charge in [-0.1, -0.05) is 42.5 Å². The molecule has 6 nitrogen and oxygen atoms in total. The van der Waals surface area contributed by atoms with E-state index < -0.39 is 32.7 Å². The highest BCUT2D eigenvalue weighted by Crippen LogP contribution is 2.20. The Bertz CT molecular complexity index is 1170. The van der Waals surface area contributed by atoms with Gasteiger partial charge < -0.3 is 10.1 Å². The van der Waals surface area contributed by atoms with Crippen LogP contribution in [0, 0.1) is 5.82 Å². The topological polar surface area (TPSA) is 84.5 Å². The summed E-state index contributed by atoms with van der Waals surface area (Å²) in [7, 11) is -4.19. The molecule has 9 heteroatoms. The second-order valence-corrected chi connectivity index (χ2v) is 9.70. The number of carbonyl (C=O) groups excluding carboxylic acids is 1. The second kappa shape index (κ2) is 11.3.